The number of hydrogen-bond donors (Lipinski definition) is 0. The number of nitro benzene ring substituents is 1. The van der Waals surface area contributed by atoms with Crippen LogP contribution < -0.4 is 0 Å². The lowest BCUT2D eigenvalue weighted by Gasteiger charge is -2.03. The van der Waals surface area contributed by atoms with Crippen molar-refractivity contribution in [1.29, 1.82) is 0 Å². The summed E-state index contributed by atoms with van der Waals surface area (Å²) in [5, 5.41) is 11.0. The van der Waals surface area contributed by atoms with Crippen LogP contribution in [-0.4, -0.2) is 28.0 Å². The lowest BCUT2D eigenvalue weighted by molar-refractivity contribution is -0.384. The maximum atomic E-state index is 11.8. The van der Waals surface area contributed by atoms with Crippen LogP contribution in [0.2, 0.25) is 0 Å². The second-order valence-electron chi connectivity index (χ2n) is 5.48. The molecule has 0 atom stereocenters. The molecule has 0 fully saturated rings. The molecule has 122 valence electrons. The second kappa shape index (κ2) is 5.48. The Bertz CT molecular complexity index is 1090. The molecule has 3 aromatic rings. The van der Waals surface area contributed by atoms with Crippen molar-refractivity contribution in [3.05, 3.63) is 69.9 Å². The van der Waals surface area contributed by atoms with Crippen LogP contribution >= 0.6 is 0 Å². The van der Waals surface area contributed by atoms with Gasteiger partial charge in [-0.1, -0.05) is 24.3 Å². The monoisotopic (exact) mass is 333 g/mol. The Balaban J connectivity index is 2.01. The van der Waals surface area contributed by atoms with E-state index in [4.69, 9.17) is 4.74 Å². The minimum Gasteiger partial charge on any atom is -0.466 e. The van der Waals surface area contributed by atoms with Crippen LogP contribution in [0.15, 0.2) is 48.5 Å². The van der Waals surface area contributed by atoms with Crippen LogP contribution in [-0.2, 0) is 9.53 Å². The normalized spacial score (nSPS) is 13.6. The number of ether oxygens (including phenoxy) is 1. The SMILES string of the molecule is COC(=O)/C=C1\c2ccccc2-c2nc3ccc([N+](=O)[O-])cc3nc21. The van der Waals surface area contributed by atoms with Gasteiger partial charge in [-0.2, -0.15) is 0 Å². The van der Waals surface area contributed by atoms with Crippen molar-refractivity contribution in [1.82, 2.24) is 9.97 Å². The summed E-state index contributed by atoms with van der Waals surface area (Å²) in [6, 6.07) is 11.9. The Hall–Kier alpha value is -3.61. The number of carbonyl (C=O) groups is 1. The van der Waals surface area contributed by atoms with Gasteiger partial charge in [0.05, 0.1) is 34.5 Å². The molecule has 1 aliphatic rings. The summed E-state index contributed by atoms with van der Waals surface area (Å²) in [5.74, 6) is -0.501. The van der Waals surface area contributed by atoms with Gasteiger partial charge in [0.25, 0.3) is 5.69 Å². The zero-order valence-corrected chi connectivity index (χ0v) is 13.1. The molecule has 1 aliphatic carbocycles. The molecule has 0 unspecified atom stereocenters. The maximum Gasteiger partial charge on any atom is 0.331 e. The number of esters is 1. The molecule has 0 N–H and O–H groups in total. The third kappa shape index (κ3) is 2.33. The molecule has 4 rings (SSSR count). The number of nitro groups is 1. The summed E-state index contributed by atoms with van der Waals surface area (Å²) in [4.78, 5) is 31.4. The largest absolute Gasteiger partial charge is 0.466 e. The van der Waals surface area contributed by atoms with Gasteiger partial charge in [0.15, 0.2) is 0 Å². The lowest BCUT2D eigenvalue weighted by atomic mass is 10.1. The van der Waals surface area contributed by atoms with Gasteiger partial charge < -0.3 is 4.74 Å². The Morgan fingerprint density at radius 2 is 1.80 bits per heavy atom. The van der Waals surface area contributed by atoms with E-state index < -0.39 is 10.9 Å². The van der Waals surface area contributed by atoms with Crippen LogP contribution in [0.25, 0.3) is 27.9 Å². The zero-order valence-electron chi connectivity index (χ0n) is 13.1. The number of nitrogens with zero attached hydrogens (tertiary/aromatic N) is 3. The van der Waals surface area contributed by atoms with E-state index in [0.29, 0.717) is 28.0 Å². The van der Waals surface area contributed by atoms with Crippen LogP contribution in [0.1, 0.15) is 11.3 Å². The molecule has 1 aromatic heterocycles. The summed E-state index contributed by atoms with van der Waals surface area (Å²) in [5.41, 5.74) is 4.34. The highest BCUT2D eigenvalue weighted by molar-refractivity contribution is 6.06. The summed E-state index contributed by atoms with van der Waals surface area (Å²) in [6.45, 7) is 0. The second-order valence-corrected chi connectivity index (χ2v) is 5.48. The van der Waals surface area contributed by atoms with Gasteiger partial charge in [0, 0.05) is 29.3 Å². The fourth-order valence-electron chi connectivity index (χ4n) is 2.91. The minimum atomic E-state index is -0.501. The van der Waals surface area contributed by atoms with Gasteiger partial charge in [-0.05, 0) is 11.6 Å². The first-order valence-corrected chi connectivity index (χ1v) is 7.44. The molecular weight excluding hydrogens is 322 g/mol. The third-order valence-corrected chi connectivity index (χ3v) is 4.05. The van der Waals surface area contributed by atoms with E-state index in [1.807, 2.05) is 24.3 Å². The molecule has 0 amide bonds. The first kappa shape index (κ1) is 14.9. The Kier molecular flexibility index (Phi) is 3.28. The van der Waals surface area contributed by atoms with E-state index in [1.54, 1.807) is 6.07 Å². The summed E-state index contributed by atoms with van der Waals surface area (Å²) in [6.07, 6.45) is 1.36. The van der Waals surface area contributed by atoms with E-state index in [9.17, 15) is 14.9 Å². The first-order valence-electron chi connectivity index (χ1n) is 7.44. The average Bonchev–Trinajstić information content (AvgIpc) is 2.92. The van der Waals surface area contributed by atoms with Crippen molar-refractivity contribution in [3.63, 3.8) is 0 Å². The molecule has 0 aliphatic heterocycles. The standard InChI is InChI=1S/C18H11N3O4/c1-25-16(22)9-13-11-4-2-3-5-12(11)17-18(13)20-15-8-10(21(23)24)6-7-14(15)19-17/h2-9H,1H3/b13-9+. The number of benzene rings is 2. The van der Waals surface area contributed by atoms with E-state index in [0.717, 1.165) is 11.1 Å². The molecule has 2 aromatic carbocycles. The molecule has 0 radical (unpaired) electrons. The van der Waals surface area contributed by atoms with Crippen LogP contribution in [0.3, 0.4) is 0 Å². The van der Waals surface area contributed by atoms with Crippen molar-refractivity contribution in [2.24, 2.45) is 0 Å². The average molecular weight is 333 g/mol. The molecule has 0 bridgehead atoms. The van der Waals surface area contributed by atoms with Gasteiger partial charge in [0.1, 0.15) is 0 Å². The van der Waals surface area contributed by atoms with Gasteiger partial charge in [-0.3, -0.25) is 10.1 Å². The fraction of sp³-hybridized carbons (Fsp3) is 0.0556. The molecule has 7 heteroatoms. The smallest absolute Gasteiger partial charge is 0.331 e. The van der Waals surface area contributed by atoms with Gasteiger partial charge in [0.2, 0.25) is 0 Å². The van der Waals surface area contributed by atoms with E-state index in [1.165, 1.54) is 25.3 Å². The number of non-ortho nitro benzene ring substituents is 1. The van der Waals surface area contributed by atoms with Crippen LogP contribution in [0, 0.1) is 10.1 Å². The zero-order chi connectivity index (χ0) is 17.6. The number of aromatic nitrogens is 2. The van der Waals surface area contributed by atoms with Crippen molar-refractivity contribution < 1.29 is 14.5 Å². The Morgan fingerprint density at radius 1 is 1.08 bits per heavy atom. The first-order chi connectivity index (χ1) is 12.1. The Labute approximate surface area is 141 Å². The number of rotatable bonds is 2. The summed E-state index contributed by atoms with van der Waals surface area (Å²) in [7, 11) is 1.30. The summed E-state index contributed by atoms with van der Waals surface area (Å²) >= 11 is 0. The number of hydrogen-bond acceptors (Lipinski definition) is 6. The minimum absolute atomic E-state index is 0.0595. The topological polar surface area (TPSA) is 95.2 Å². The van der Waals surface area contributed by atoms with Crippen molar-refractivity contribution in [2.45, 2.75) is 0 Å². The molecule has 1 heterocycles. The number of carbonyl (C=O) groups excluding carboxylic acids is 1. The highest BCUT2D eigenvalue weighted by atomic mass is 16.6. The Morgan fingerprint density at radius 3 is 2.52 bits per heavy atom. The van der Waals surface area contributed by atoms with Crippen LogP contribution in [0.4, 0.5) is 5.69 Å². The highest BCUT2D eigenvalue weighted by Crippen LogP contribution is 2.42. The van der Waals surface area contributed by atoms with Gasteiger partial charge in [-0.15, -0.1) is 0 Å². The molecular formula is C18H11N3O4. The molecule has 0 saturated heterocycles. The fourth-order valence-corrected chi connectivity index (χ4v) is 2.91. The van der Waals surface area contributed by atoms with Crippen molar-refractivity contribution in [3.8, 4) is 11.3 Å². The summed E-state index contributed by atoms with van der Waals surface area (Å²) < 4.78 is 4.73. The number of fused-ring (bicyclic) bond motifs is 4. The van der Waals surface area contributed by atoms with Gasteiger partial charge >= 0.3 is 5.97 Å². The van der Waals surface area contributed by atoms with Crippen molar-refractivity contribution in [2.75, 3.05) is 7.11 Å². The molecule has 0 spiro atoms. The molecule has 0 saturated carbocycles. The molecule has 25 heavy (non-hydrogen) atoms. The molecule has 7 nitrogen and oxygen atoms in total. The van der Waals surface area contributed by atoms with Crippen LogP contribution in [0.5, 0.6) is 0 Å². The van der Waals surface area contributed by atoms with E-state index >= 15 is 0 Å². The lowest BCUT2D eigenvalue weighted by Crippen LogP contribution is -1.98. The van der Waals surface area contributed by atoms with E-state index in [-0.39, 0.29) is 5.69 Å². The predicted molar refractivity (Wildman–Crippen MR) is 90.7 cm³/mol. The predicted octanol–water partition coefficient (Wildman–Crippen LogP) is 3.12. The highest BCUT2D eigenvalue weighted by Gasteiger charge is 2.27. The van der Waals surface area contributed by atoms with E-state index in [2.05, 4.69) is 9.97 Å². The van der Waals surface area contributed by atoms with Crippen molar-refractivity contribution >= 4 is 28.3 Å². The van der Waals surface area contributed by atoms with Gasteiger partial charge in [-0.25, -0.2) is 14.8 Å². The maximum absolute atomic E-state index is 11.8. The quantitative estimate of drug-likeness (QED) is 0.242. The third-order valence-electron chi connectivity index (χ3n) is 4.05. The number of methoxy groups -OCH3 is 1.